The summed E-state index contributed by atoms with van der Waals surface area (Å²) in [6, 6.07) is 12.3. The van der Waals surface area contributed by atoms with Gasteiger partial charge in [0.1, 0.15) is 0 Å². The molecular formula is C28H33N3O2. The number of rotatable bonds is 6. The Hall–Kier alpha value is -2.95. The van der Waals surface area contributed by atoms with E-state index in [0.717, 1.165) is 48.8 Å². The molecule has 4 aliphatic carbocycles. The van der Waals surface area contributed by atoms with E-state index in [9.17, 15) is 9.59 Å². The fourth-order valence-corrected chi connectivity index (χ4v) is 6.70. The molecule has 2 amide bonds. The Bertz CT molecular complexity index is 1060. The summed E-state index contributed by atoms with van der Waals surface area (Å²) in [7, 11) is 0. The predicted molar refractivity (Wildman–Crippen MR) is 130 cm³/mol. The van der Waals surface area contributed by atoms with E-state index in [4.69, 9.17) is 5.73 Å². The molecule has 172 valence electrons. The summed E-state index contributed by atoms with van der Waals surface area (Å²) in [6.07, 6.45) is 12.5. The van der Waals surface area contributed by atoms with Crippen molar-refractivity contribution in [2.24, 2.45) is 28.9 Å². The zero-order valence-electron chi connectivity index (χ0n) is 19.5. The molecule has 4 bridgehead atoms. The molecule has 1 aromatic heterocycles. The van der Waals surface area contributed by atoms with Crippen LogP contribution in [-0.2, 0) is 15.0 Å². The summed E-state index contributed by atoms with van der Waals surface area (Å²) in [6.45, 7) is 3.98. The number of carbonyl (C=O) groups excluding carboxylic acids is 2. The molecule has 0 saturated heterocycles. The Morgan fingerprint density at radius 3 is 2.12 bits per heavy atom. The van der Waals surface area contributed by atoms with Crippen molar-refractivity contribution in [1.82, 2.24) is 10.3 Å². The Labute approximate surface area is 195 Å². The second kappa shape index (κ2) is 8.12. The number of hydrogen-bond donors (Lipinski definition) is 2. The first-order chi connectivity index (χ1) is 15.8. The molecule has 33 heavy (non-hydrogen) atoms. The average molecular weight is 444 g/mol. The normalized spacial score (nSPS) is 30.5. The topological polar surface area (TPSA) is 85.1 Å². The number of amides is 2. The molecule has 0 spiro atoms. The molecule has 1 aromatic carbocycles. The molecule has 4 fully saturated rings. The van der Waals surface area contributed by atoms with Crippen molar-refractivity contribution < 1.29 is 9.59 Å². The van der Waals surface area contributed by atoms with Gasteiger partial charge in [-0.2, -0.15) is 0 Å². The van der Waals surface area contributed by atoms with Crippen molar-refractivity contribution in [3.05, 3.63) is 65.5 Å². The van der Waals surface area contributed by atoms with E-state index in [1.165, 1.54) is 0 Å². The Morgan fingerprint density at radius 1 is 0.970 bits per heavy atom. The first-order valence-electron chi connectivity index (χ1n) is 12.1. The zero-order valence-corrected chi connectivity index (χ0v) is 19.5. The van der Waals surface area contributed by atoms with Crippen molar-refractivity contribution in [2.45, 2.75) is 57.4 Å². The largest absolute Gasteiger partial charge is 0.369 e. The number of aromatic nitrogens is 1. The number of carbonyl (C=O) groups is 2. The molecule has 3 N–H and O–H groups in total. The van der Waals surface area contributed by atoms with E-state index < -0.39 is 5.41 Å². The van der Waals surface area contributed by atoms with E-state index in [2.05, 4.69) is 34.6 Å². The predicted octanol–water partition coefficient (Wildman–Crippen LogP) is 4.33. The van der Waals surface area contributed by atoms with Crippen LogP contribution in [0.5, 0.6) is 0 Å². The van der Waals surface area contributed by atoms with Crippen LogP contribution in [0.1, 0.15) is 62.6 Å². The third-order valence-corrected chi connectivity index (χ3v) is 8.47. The lowest BCUT2D eigenvalue weighted by atomic mass is 9.47. The van der Waals surface area contributed by atoms with E-state index >= 15 is 0 Å². The lowest BCUT2D eigenvalue weighted by Gasteiger charge is -2.59. The van der Waals surface area contributed by atoms with Crippen molar-refractivity contribution in [3.63, 3.8) is 0 Å². The van der Waals surface area contributed by atoms with E-state index in [0.29, 0.717) is 17.8 Å². The molecule has 1 heterocycles. The standard InChI is InChI=1S/C28H33N3O2/c1-27(2,23-7-5-18(6-8-23)3-4-19-9-11-30-12-10-19)26(33)31-24-21-13-20-14-22(24)17-28(15-20,16-21)25(29)32/h3-12,20-22,24H,13-17H2,1-2H3,(H2,29,32)(H,31,33). The van der Waals surface area contributed by atoms with Crippen LogP contribution < -0.4 is 11.1 Å². The van der Waals surface area contributed by atoms with Crippen LogP contribution in [0.2, 0.25) is 0 Å². The summed E-state index contributed by atoms with van der Waals surface area (Å²) in [4.78, 5) is 29.7. The number of hydrogen-bond acceptors (Lipinski definition) is 3. The molecular weight excluding hydrogens is 410 g/mol. The second-order valence-electron chi connectivity index (χ2n) is 11.0. The Morgan fingerprint density at radius 2 is 1.55 bits per heavy atom. The minimum Gasteiger partial charge on any atom is -0.369 e. The average Bonchev–Trinajstić information content (AvgIpc) is 2.80. The van der Waals surface area contributed by atoms with Gasteiger partial charge < -0.3 is 11.1 Å². The van der Waals surface area contributed by atoms with Gasteiger partial charge in [-0.15, -0.1) is 0 Å². The third-order valence-electron chi connectivity index (χ3n) is 8.47. The number of primary amides is 1. The quantitative estimate of drug-likeness (QED) is 0.697. The fourth-order valence-electron chi connectivity index (χ4n) is 6.70. The van der Waals surface area contributed by atoms with E-state index in [1.807, 2.05) is 38.1 Å². The second-order valence-corrected chi connectivity index (χ2v) is 11.0. The molecule has 4 saturated carbocycles. The highest BCUT2D eigenvalue weighted by Gasteiger charge is 2.58. The molecule has 2 atom stereocenters. The van der Waals surface area contributed by atoms with Gasteiger partial charge in [-0.3, -0.25) is 14.6 Å². The lowest BCUT2D eigenvalue weighted by Crippen LogP contribution is -2.63. The summed E-state index contributed by atoms with van der Waals surface area (Å²) < 4.78 is 0. The highest BCUT2D eigenvalue weighted by atomic mass is 16.2. The number of benzene rings is 1. The Balaban J connectivity index is 1.27. The van der Waals surface area contributed by atoms with Gasteiger partial charge in [0.15, 0.2) is 0 Å². The summed E-state index contributed by atoms with van der Waals surface area (Å²) in [5.41, 5.74) is 8.04. The SMILES string of the molecule is CC(C)(C(=O)NC1C2CC3CC1CC(C(N)=O)(C3)C2)c1ccc(C=Cc2ccncc2)cc1. The maximum Gasteiger partial charge on any atom is 0.230 e. The maximum atomic E-state index is 13.4. The van der Waals surface area contributed by atoms with Crippen LogP contribution in [-0.4, -0.2) is 22.8 Å². The van der Waals surface area contributed by atoms with Crippen molar-refractivity contribution in [2.75, 3.05) is 0 Å². The summed E-state index contributed by atoms with van der Waals surface area (Å²) >= 11 is 0. The molecule has 2 unspecified atom stereocenters. The van der Waals surface area contributed by atoms with Crippen molar-refractivity contribution in [3.8, 4) is 0 Å². The number of pyridine rings is 1. The smallest absolute Gasteiger partial charge is 0.230 e. The molecule has 5 nitrogen and oxygen atoms in total. The fraction of sp³-hybridized carbons (Fsp3) is 0.464. The van der Waals surface area contributed by atoms with Gasteiger partial charge in [-0.05, 0) is 92.5 Å². The van der Waals surface area contributed by atoms with Crippen LogP contribution >= 0.6 is 0 Å². The maximum absolute atomic E-state index is 13.4. The lowest BCUT2D eigenvalue weighted by molar-refractivity contribution is -0.148. The minimum atomic E-state index is -0.636. The minimum absolute atomic E-state index is 0.0631. The van der Waals surface area contributed by atoms with Crippen molar-refractivity contribution in [1.29, 1.82) is 0 Å². The Kier molecular flexibility index (Phi) is 5.38. The molecule has 5 heteroatoms. The number of nitrogens with one attached hydrogen (secondary N) is 1. The number of nitrogens with zero attached hydrogens (tertiary/aromatic N) is 1. The first-order valence-corrected chi connectivity index (χ1v) is 12.1. The molecule has 4 aliphatic rings. The van der Waals surface area contributed by atoms with Gasteiger partial charge in [0.05, 0.1) is 5.41 Å². The first kappa shape index (κ1) is 21.9. The van der Waals surface area contributed by atoms with Crippen LogP contribution in [0, 0.1) is 23.2 Å². The highest BCUT2D eigenvalue weighted by Crippen LogP contribution is 2.60. The zero-order chi connectivity index (χ0) is 23.2. The van der Waals surface area contributed by atoms with E-state index in [-0.39, 0.29) is 23.3 Å². The van der Waals surface area contributed by atoms with Gasteiger partial charge in [-0.1, -0.05) is 36.4 Å². The number of nitrogens with two attached hydrogens (primary N) is 1. The molecule has 6 rings (SSSR count). The molecule has 0 aliphatic heterocycles. The van der Waals surface area contributed by atoms with Crippen LogP contribution in [0.25, 0.3) is 12.2 Å². The molecule has 0 radical (unpaired) electrons. The van der Waals surface area contributed by atoms with E-state index in [1.54, 1.807) is 12.4 Å². The van der Waals surface area contributed by atoms with Gasteiger partial charge in [0, 0.05) is 23.9 Å². The monoisotopic (exact) mass is 443 g/mol. The van der Waals surface area contributed by atoms with Gasteiger partial charge in [0.2, 0.25) is 11.8 Å². The van der Waals surface area contributed by atoms with Crippen LogP contribution in [0.3, 0.4) is 0 Å². The third kappa shape index (κ3) is 3.98. The van der Waals surface area contributed by atoms with Crippen molar-refractivity contribution >= 4 is 24.0 Å². The van der Waals surface area contributed by atoms with Gasteiger partial charge in [0.25, 0.3) is 0 Å². The van der Waals surface area contributed by atoms with Gasteiger partial charge in [-0.25, -0.2) is 0 Å². The van der Waals surface area contributed by atoms with Crippen LogP contribution in [0.4, 0.5) is 0 Å². The van der Waals surface area contributed by atoms with Crippen LogP contribution in [0.15, 0.2) is 48.8 Å². The summed E-state index contributed by atoms with van der Waals surface area (Å²) in [5, 5.41) is 3.41. The summed E-state index contributed by atoms with van der Waals surface area (Å²) in [5.74, 6) is 1.25. The molecule has 2 aromatic rings. The highest BCUT2D eigenvalue weighted by molar-refractivity contribution is 5.88. The van der Waals surface area contributed by atoms with Gasteiger partial charge >= 0.3 is 0 Å².